The molecule has 2 amide bonds. The summed E-state index contributed by atoms with van der Waals surface area (Å²) in [6.45, 7) is 6.81. The number of hydrogen-bond acceptors (Lipinski definition) is 4. The number of piperidine rings is 1. The predicted octanol–water partition coefficient (Wildman–Crippen LogP) is 2.04. The monoisotopic (exact) mass is 347 g/mol. The first-order chi connectivity index (χ1) is 12.0. The molecule has 138 valence electrons. The molecule has 1 aliphatic rings. The first-order valence-electron chi connectivity index (χ1n) is 8.90. The van der Waals surface area contributed by atoms with Crippen molar-refractivity contribution in [2.24, 2.45) is 5.92 Å². The fourth-order valence-corrected chi connectivity index (χ4v) is 2.99. The molecule has 0 aliphatic carbocycles. The van der Waals surface area contributed by atoms with Gasteiger partial charge in [0.25, 0.3) is 0 Å². The maximum atomic E-state index is 12.0. The number of ether oxygens (including phenoxy) is 1. The summed E-state index contributed by atoms with van der Waals surface area (Å²) >= 11 is 0. The van der Waals surface area contributed by atoms with Crippen molar-refractivity contribution >= 4 is 23.2 Å². The van der Waals surface area contributed by atoms with Crippen LogP contribution < -0.4 is 15.1 Å². The zero-order valence-corrected chi connectivity index (χ0v) is 15.5. The van der Waals surface area contributed by atoms with E-state index in [1.807, 2.05) is 24.3 Å². The number of nitrogens with zero attached hydrogens (tertiary/aromatic N) is 2. The molecule has 0 radical (unpaired) electrons. The number of methoxy groups -OCH3 is 1. The number of nitrogens with one attached hydrogen (secondary N) is 1. The van der Waals surface area contributed by atoms with E-state index >= 15 is 0 Å². The molecule has 1 heterocycles. The van der Waals surface area contributed by atoms with E-state index in [2.05, 4.69) is 17.1 Å². The smallest absolute Gasteiger partial charge is 0.240 e. The molecule has 0 bridgehead atoms. The van der Waals surface area contributed by atoms with E-state index in [-0.39, 0.29) is 18.4 Å². The summed E-state index contributed by atoms with van der Waals surface area (Å²) < 4.78 is 4.91. The minimum absolute atomic E-state index is 0.0135. The zero-order chi connectivity index (χ0) is 18.2. The quantitative estimate of drug-likeness (QED) is 0.767. The number of carbonyl (C=O) groups excluding carboxylic acids is 2. The Labute approximate surface area is 150 Å². The average molecular weight is 347 g/mol. The Hall–Kier alpha value is -2.08. The summed E-state index contributed by atoms with van der Waals surface area (Å²) in [7, 11) is 1.58. The molecule has 1 saturated heterocycles. The van der Waals surface area contributed by atoms with Crippen molar-refractivity contribution in [3.05, 3.63) is 24.3 Å². The Morgan fingerprint density at radius 3 is 2.44 bits per heavy atom. The molecule has 6 nitrogen and oxygen atoms in total. The lowest BCUT2D eigenvalue weighted by atomic mass is 9.99. The first kappa shape index (κ1) is 19.2. The third kappa shape index (κ3) is 5.74. The van der Waals surface area contributed by atoms with Crippen LogP contribution in [0, 0.1) is 5.92 Å². The Bertz CT molecular complexity index is 566. The van der Waals surface area contributed by atoms with Gasteiger partial charge in [-0.25, -0.2) is 0 Å². The molecule has 0 spiro atoms. The van der Waals surface area contributed by atoms with Crippen LogP contribution in [0.4, 0.5) is 11.4 Å². The van der Waals surface area contributed by atoms with E-state index in [0.717, 1.165) is 24.7 Å². The largest absolute Gasteiger partial charge is 0.383 e. The van der Waals surface area contributed by atoms with E-state index in [4.69, 9.17) is 4.74 Å². The molecule has 1 aromatic rings. The summed E-state index contributed by atoms with van der Waals surface area (Å²) in [5.74, 6) is 0.447. The van der Waals surface area contributed by atoms with Crippen molar-refractivity contribution < 1.29 is 14.3 Å². The summed E-state index contributed by atoms with van der Waals surface area (Å²) in [4.78, 5) is 27.8. The van der Waals surface area contributed by atoms with Gasteiger partial charge in [-0.05, 0) is 43.0 Å². The van der Waals surface area contributed by atoms with Crippen LogP contribution in [0.1, 0.15) is 26.7 Å². The number of benzene rings is 1. The molecule has 1 N–H and O–H groups in total. The minimum atomic E-state index is -0.193. The number of amides is 2. The summed E-state index contributed by atoms with van der Waals surface area (Å²) in [5.41, 5.74) is 1.91. The molecular formula is C19H29N3O3. The molecule has 6 heteroatoms. The molecule has 1 aromatic carbocycles. The van der Waals surface area contributed by atoms with Gasteiger partial charge < -0.3 is 19.9 Å². The van der Waals surface area contributed by atoms with Gasteiger partial charge in [0.15, 0.2) is 0 Å². The molecule has 25 heavy (non-hydrogen) atoms. The lowest BCUT2D eigenvalue weighted by Crippen LogP contribution is -2.40. The van der Waals surface area contributed by atoms with Crippen molar-refractivity contribution in [2.45, 2.75) is 26.7 Å². The molecule has 0 atom stereocenters. The maximum absolute atomic E-state index is 12.0. The molecule has 1 fully saturated rings. The van der Waals surface area contributed by atoms with Crippen LogP contribution in [0.15, 0.2) is 24.3 Å². The number of hydrogen-bond donors (Lipinski definition) is 1. The minimum Gasteiger partial charge on any atom is -0.383 e. The first-order valence-corrected chi connectivity index (χ1v) is 8.90. The van der Waals surface area contributed by atoms with Crippen LogP contribution in [0.2, 0.25) is 0 Å². The zero-order valence-electron chi connectivity index (χ0n) is 15.5. The van der Waals surface area contributed by atoms with Crippen LogP contribution in [-0.4, -0.2) is 51.7 Å². The van der Waals surface area contributed by atoms with E-state index in [1.165, 1.54) is 30.4 Å². The van der Waals surface area contributed by atoms with Gasteiger partial charge in [0.05, 0.1) is 6.61 Å². The fraction of sp³-hybridized carbons (Fsp3) is 0.579. The molecule has 0 aromatic heterocycles. The summed E-state index contributed by atoms with van der Waals surface area (Å²) in [6, 6.07) is 7.89. The second-order valence-corrected chi connectivity index (χ2v) is 6.63. The van der Waals surface area contributed by atoms with Gasteiger partial charge in [-0.15, -0.1) is 0 Å². The maximum Gasteiger partial charge on any atom is 0.240 e. The Morgan fingerprint density at radius 1 is 1.24 bits per heavy atom. The highest BCUT2D eigenvalue weighted by molar-refractivity contribution is 5.97. The van der Waals surface area contributed by atoms with Crippen LogP contribution in [0.25, 0.3) is 0 Å². The Morgan fingerprint density at radius 2 is 1.88 bits per heavy atom. The SMILES string of the molecule is COCCNC(=O)CN(C(C)=O)c1ccc(N2CCC(C)CC2)cc1. The van der Waals surface area contributed by atoms with Crippen molar-refractivity contribution in [2.75, 3.05) is 49.7 Å². The number of rotatable bonds is 7. The van der Waals surface area contributed by atoms with Gasteiger partial charge in [0.1, 0.15) is 6.54 Å². The van der Waals surface area contributed by atoms with Crippen molar-refractivity contribution in [3.63, 3.8) is 0 Å². The highest BCUT2D eigenvalue weighted by Gasteiger charge is 2.18. The predicted molar refractivity (Wildman–Crippen MR) is 100.0 cm³/mol. The van der Waals surface area contributed by atoms with Crippen molar-refractivity contribution in [3.8, 4) is 0 Å². The summed E-state index contributed by atoms with van der Waals surface area (Å²) in [5, 5.41) is 2.74. The molecular weight excluding hydrogens is 318 g/mol. The second-order valence-electron chi connectivity index (χ2n) is 6.63. The summed E-state index contributed by atoms with van der Waals surface area (Å²) in [6.07, 6.45) is 2.42. The van der Waals surface area contributed by atoms with Gasteiger partial charge in [-0.2, -0.15) is 0 Å². The fourth-order valence-electron chi connectivity index (χ4n) is 2.99. The second kappa shape index (κ2) is 9.42. The lowest BCUT2D eigenvalue weighted by Gasteiger charge is -2.32. The standard InChI is InChI=1S/C19H29N3O3/c1-15-8-11-21(12-9-15)17-4-6-18(7-5-17)22(16(2)23)14-19(24)20-10-13-25-3/h4-7,15H,8-14H2,1-3H3,(H,20,24). The van der Waals surface area contributed by atoms with E-state index in [1.54, 1.807) is 7.11 Å². The average Bonchev–Trinajstić information content (AvgIpc) is 2.60. The highest BCUT2D eigenvalue weighted by Crippen LogP contribution is 2.25. The molecule has 0 unspecified atom stereocenters. The van der Waals surface area contributed by atoms with Crippen LogP contribution >= 0.6 is 0 Å². The van der Waals surface area contributed by atoms with Gasteiger partial charge in [-0.1, -0.05) is 6.92 Å². The lowest BCUT2D eigenvalue weighted by molar-refractivity contribution is -0.123. The van der Waals surface area contributed by atoms with Crippen molar-refractivity contribution in [1.82, 2.24) is 5.32 Å². The van der Waals surface area contributed by atoms with Crippen molar-refractivity contribution in [1.29, 1.82) is 0 Å². The molecule has 2 rings (SSSR count). The van der Waals surface area contributed by atoms with E-state index in [0.29, 0.717) is 13.2 Å². The third-order valence-corrected chi connectivity index (χ3v) is 4.62. The van der Waals surface area contributed by atoms with Crippen LogP contribution in [0.5, 0.6) is 0 Å². The van der Waals surface area contributed by atoms with Gasteiger partial charge in [-0.3, -0.25) is 9.59 Å². The Balaban J connectivity index is 1.99. The van der Waals surface area contributed by atoms with Gasteiger partial charge in [0.2, 0.25) is 11.8 Å². The van der Waals surface area contributed by atoms with E-state index in [9.17, 15) is 9.59 Å². The van der Waals surface area contributed by atoms with Crippen LogP contribution in [0.3, 0.4) is 0 Å². The van der Waals surface area contributed by atoms with Gasteiger partial charge in [0, 0.05) is 45.0 Å². The number of anilines is 2. The topological polar surface area (TPSA) is 61.9 Å². The third-order valence-electron chi connectivity index (χ3n) is 4.62. The highest BCUT2D eigenvalue weighted by atomic mass is 16.5. The normalized spacial score (nSPS) is 15.1. The number of carbonyl (C=O) groups is 2. The van der Waals surface area contributed by atoms with Crippen LogP contribution in [-0.2, 0) is 14.3 Å². The Kier molecular flexibility index (Phi) is 7.25. The molecule has 0 saturated carbocycles. The van der Waals surface area contributed by atoms with E-state index < -0.39 is 0 Å². The van der Waals surface area contributed by atoms with Gasteiger partial charge >= 0.3 is 0 Å². The molecule has 1 aliphatic heterocycles.